The average molecular weight is 252 g/mol. The lowest BCUT2D eigenvalue weighted by atomic mass is 10.0. The maximum absolute atomic E-state index is 2.27. The molecule has 0 aromatic carbocycles. The quantitative estimate of drug-likeness (QED) is 0.491. The molecule has 3 rings (SSSR count). The third kappa shape index (κ3) is 11.1. The van der Waals surface area contributed by atoms with Crippen molar-refractivity contribution in [2.45, 2.75) is 104 Å². The van der Waals surface area contributed by atoms with Gasteiger partial charge in [0.2, 0.25) is 0 Å². The van der Waals surface area contributed by atoms with Gasteiger partial charge in [0.25, 0.3) is 0 Å². The lowest BCUT2D eigenvalue weighted by Gasteiger charge is -2.05. The van der Waals surface area contributed by atoms with Crippen molar-refractivity contribution in [1.82, 2.24) is 0 Å². The first kappa shape index (κ1) is 16.1. The van der Waals surface area contributed by atoms with E-state index in [9.17, 15) is 0 Å². The average Bonchev–Trinajstić information content (AvgIpc) is 3.14. The third-order valence-electron chi connectivity index (χ3n) is 4.33. The summed E-state index contributed by atoms with van der Waals surface area (Å²) in [6, 6.07) is 0. The predicted molar refractivity (Wildman–Crippen MR) is 83.0 cm³/mol. The number of unbranched alkanes of at least 4 members (excludes halogenated alkanes) is 2. The smallest absolute Gasteiger partial charge is 0.0414 e. The minimum absolute atomic E-state index is 1.15. The lowest BCUT2D eigenvalue weighted by molar-refractivity contribution is 0.504. The van der Waals surface area contributed by atoms with Crippen LogP contribution in [0.15, 0.2) is 0 Å². The second-order valence-electron chi connectivity index (χ2n) is 6.59. The fourth-order valence-electron chi connectivity index (χ4n) is 2.05. The predicted octanol–water partition coefficient (Wildman–Crippen LogP) is 6.73. The molecule has 18 heavy (non-hydrogen) atoms. The molecule has 0 bridgehead atoms. The topological polar surface area (TPSA) is 0 Å². The van der Waals surface area contributed by atoms with E-state index in [0.717, 1.165) is 11.8 Å². The van der Waals surface area contributed by atoms with Crippen molar-refractivity contribution < 1.29 is 0 Å². The summed E-state index contributed by atoms with van der Waals surface area (Å²) in [7, 11) is 0. The van der Waals surface area contributed by atoms with E-state index in [1.807, 2.05) is 0 Å². The van der Waals surface area contributed by atoms with Crippen LogP contribution in [0, 0.1) is 11.8 Å². The van der Waals surface area contributed by atoms with Crippen molar-refractivity contribution in [3.05, 3.63) is 0 Å². The van der Waals surface area contributed by atoms with Gasteiger partial charge in [0, 0.05) is 0 Å². The molecule has 3 saturated carbocycles. The second-order valence-corrected chi connectivity index (χ2v) is 6.59. The van der Waals surface area contributed by atoms with Crippen molar-refractivity contribution in [3.63, 3.8) is 0 Å². The number of hydrogen-bond donors (Lipinski definition) is 0. The van der Waals surface area contributed by atoms with Crippen LogP contribution < -0.4 is 0 Å². The molecule has 0 unspecified atom stereocenters. The Balaban J connectivity index is 0.000000140. The van der Waals surface area contributed by atoms with Crippen molar-refractivity contribution in [1.29, 1.82) is 0 Å². The normalized spacial score (nSPS) is 21.0. The highest BCUT2D eigenvalue weighted by Crippen LogP contribution is 2.34. The van der Waals surface area contributed by atoms with Crippen molar-refractivity contribution >= 4 is 0 Å². The van der Waals surface area contributed by atoms with Gasteiger partial charge in [-0.05, 0) is 11.8 Å². The molecule has 108 valence electrons. The molecule has 0 nitrogen and oxygen atoms in total. The molecule has 0 spiro atoms. The largest absolute Gasteiger partial charge is 0.0654 e. The molecule has 0 atom stereocenters. The maximum Gasteiger partial charge on any atom is -0.0414 e. The first-order valence-electron chi connectivity index (χ1n) is 8.86. The number of rotatable bonds is 6. The van der Waals surface area contributed by atoms with Gasteiger partial charge in [-0.15, -0.1) is 0 Å². The van der Waals surface area contributed by atoms with Crippen molar-refractivity contribution in [2.24, 2.45) is 11.8 Å². The summed E-state index contributed by atoms with van der Waals surface area (Å²) in [6.07, 6.45) is 20.8. The van der Waals surface area contributed by atoms with Crippen LogP contribution in [-0.2, 0) is 0 Å². The maximum atomic E-state index is 2.27. The van der Waals surface area contributed by atoms with Gasteiger partial charge in [-0.2, -0.15) is 0 Å². The molecule has 0 heterocycles. The Morgan fingerprint density at radius 1 is 0.611 bits per heavy atom. The summed E-state index contributed by atoms with van der Waals surface area (Å²) in [5, 5.41) is 0. The van der Waals surface area contributed by atoms with Gasteiger partial charge in [0.05, 0.1) is 0 Å². The fraction of sp³-hybridized carbons (Fsp3) is 1.00. The molecular formula is C18H36. The minimum Gasteiger partial charge on any atom is -0.0654 e. The Morgan fingerprint density at radius 2 is 0.944 bits per heavy atom. The summed E-state index contributed by atoms with van der Waals surface area (Å²) in [6.45, 7) is 4.53. The van der Waals surface area contributed by atoms with Crippen LogP contribution in [0.4, 0.5) is 0 Å². The van der Waals surface area contributed by atoms with E-state index < -0.39 is 0 Å². The highest BCUT2D eigenvalue weighted by molar-refractivity contribution is 4.72. The molecule has 0 amide bonds. The molecule has 3 fully saturated rings. The highest BCUT2D eigenvalue weighted by atomic mass is 14.3. The molecular weight excluding hydrogens is 216 g/mol. The zero-order valence-electron chi connectivity index (χ0n) is 13.1. The molecule has 0 saturated heterocycles. The lowest BCUT2D eigenvalue weighted by Crippen LogP contribution is -1.85. The Labute approximate surface area is 116 Å². The molecule has 3 aliphatic rings. The Kier molecular flexibility index (Phi) is 9.70. The van der Waals surface area contributed by atoms with E-state index in [4.69, 9.17) is 0 Å². The standard InChI is InChI=1S/2C7H14.C4H8/c2*1-2-3-4-7-5-6-7;1-2-4-3-1/h2*7H,2-6H2,1H3;1-4H2. The fourth-order valence-corrected chi connectivity index (χ4v) is 2.05. The summed E-state index contributed by atoms with van der Waals surface area (Å²) >= 11 is 0. The van der Waals surface area contributed by atoms with E-state index in [1.165, 1.54) is 89.9 Å². The molecule has 0 aliphatic heterocycles. The molecule has 0 aromatic heterocycles. The van der Waals surface area contributed by atoms with Crippen LogP contribution in [0.2, 0.25) is 0 Å². The van der Waals surface area contributed by atoms with E-state index in [0.29, 0.717) is 0 Å². The molecule has 0 radical (unpaired) electrons. The van der Waals surface area contributed by atoms with Crippen LogP contribution in [0.1, 0.15) is 104 Å². The molecule has 3 aliphatic carbocycles. The van der Waals surface area contributed by atoms with Gasteiger partial charge in [0.1, 0.15) is 0 Å². The van der Waals surface area contributed by atoms with Gasteiger partial charge in [0.15, 0.2) is 0 Å². The summed E-state index contributed by atoms with van der Waals surface area (Å²) < 4.78 is 0. The summed E-state index contributed by atoms with van der Waals surface area (Å²) in [5.74, 6) is 2.31. The molecule has 0 N–H and O–H groups in total. The highest BCUT2D eigenvalue weighted by Gasteiger charge is 2.19. The Hall–Kier alpha value is 0. The summed E-state index contributed by atoms with van der Waals surface area (Å²) in [5.41, 5.74) is 0. The Morgan fingerprint density at radius 3 is 1.11 bits per heavy atom. The van der Waals surface area contributed by atoms with Crippen LogP contribution in [0.25, 0.3) is 0 Å². The van der Waals surface area contributed by atoms with E-state index >= 15 is 0 Å². The van der Waals surface area contributed by atoms with Crippen LogP contribution in [0.5, 0.6) is 0 Å². The van der Waals surface area contributed by atoms with E-state index in [1.54, 1.807) is 0 Å². The molecule has 0 aromatic rings. The third-order valence-corrected chi connectivity index (χ3v) is 4.33. The SMILES string of the molecule is C1CCC1.CCCCC1CC1.CCCCC1CC1. The first-order chi connectivity index (χ1) is 8.86. The van der Waals surface area contributed by atoms with Crippen LogP contribution in [0.3, 0.4) is 0 Å². The second kappa shape index (κ2) is 10.9. The van der Waals surface area contributed by atoms with Crippen LogP contribution in [-0.4, -0.2) is 0 Å². The zero-order chi connectivity index (χ0) is 13.1. The molecule has 0 heteroatoms. The van der Waals surface area contributed by atoms with Gasteiger partial charge in [-0.1, -0.05) is 104 Å². The Bertz CT molecular complexity index is 141. The zero-order valence-corrected chi connectivity index (χ0v) is 13.1. The van der Waals surface area contributed by atoms with Gasteiger partial charge >= 0.3 is 0 Å². The minimum atomic E-state index is 1.15. The van der Waals surface area contributed by atoms with Crippen molar-refractivity contribution in [3.8, 4) is 0 Å². The first-order valence-corrected chi connectivity index (χ1v) is 8.86. The van der Waals surface area contributed by atoms with E-state index in [-0.39, 0.29) is 0 Å². The van der Waals surface area contributed by atoms with Gasteiger partial charge < -0.3 is 0 Å². The van der Waals surface area contributed by atoms with E-state index in [2.05, 4.69) is 13.8 Å². The van der Waals surface area contributed by atoms with Crippen LogP contribution >= 0.6 is 0 Å². The van der Waals surface area contributed by atoms with Gasteiger partial charge in [-0.3, -0.25) is 0 Å². The summed E-state index contributed by atoms with van der Waals surface area (Å²) in [4.78, 5) is 0. The van der Waals surface area contributed by atoms with Gasteiger partial charge in [-0.25, -0.2) is 0 Å². The van der Waals surface area contributed by atoms with Crippen molar-refractivity contribution in [2.75, 3.05) is 0 Å². The monoisotopic (exact) mass is 252 g/mol. The number of hydrogen-bond acceptors (Lipinski definition) is 0.